The van der Waals surface area contributed by atoms with E-state index in [1.807, 2.05) is 91.0 Å². The number of aliphatic hydroxyl groups is 1. The van der Waals surface area contributed by atoms with Crippen LogP contribution in [0.1, 0.15) is 54.3 Å². The zero-order valence-corrected chi connectivity index (χ0v) is 22.6. The number of aryl methyl sites for hydroxylation is 1. The number of fused-ring (bicyclic) bond motifs is 1. The van der Waals surface area contributed by atoms with Gasteiger partial charge in [-0.3, -0.25) is 4.18 Å². The SMILES string of the molecule is CC(C)(O)c1ccccc1CC[C@@H](OS(C)(=O)=O)c1cccc(/C=C/c2ccc3ccc(Cl)cc3n2)c1. The molecule has 5 nitrogen and oxygen atoms in total. The number of benzene rings is 3. The topological polar surface area (TPSA) is 76.5 Å². The number of hydrogen-bond acceptors (Lipinski definition) is 5. The van der Waals surface area contributed by atoms with E-state index in [0.717, 1.165) is 45.1 Å². The van der Waals surface area contributed by atoms with Crippen molar-refractivity contribution in [2.75, 3.05) is 6.26 Å². The molecule has 0 radical (unpaired) electrons. The van der Waals surface area contributed by atoms with E-state index in [0.29, 0.717) is 17.9 Å². The minimum Gasteiger partial charge on any atom is -0.386 e. The minimum absolute atomic E-state index is 0.431. The summed E-state index contributed by atoms with van der Waals surface area (Å²) in [6.45, 7) is 3.48. The summed E-state index contributed by atoms with van der Waals surface area (Å²) in [5, 5.41) is 12.2. The Bertz CT molecular complexity index is 1540. The molecule has 37 heavy (non-hydrogen) atoms. The monoisotopic (exact) mass is 535 g/mol. The number of nitrogens with zero attached hydrogens (tertiary/aromatic N) is 1. The molecule has 3 aromatic carbocycles. The van der Waals surface area contributed by atoms with Crippen LogP contribution in [0.15, 0.2) is 78.9 Å². The third-order valence-electron chi connectivity index (χ3n) is 6.05. The number of aromatic nitrogens is 1. The molecule has 0 aliphatic rings. The van der Waals surface area contributed by atoms with Gasteiger partial charge in [0.1, 0.15) is 6.10 Å². The molecule has 4 rings (SSSR count). The van der Waals surface area contributed by atoms with Crippen LogP contribution in [0.5, 0.6) is 0 Å². The van der Waals surface area contributed by atoms with Crippen LogP contribution in [0.2, 0.25) is 5.02 Å². The molecule has 0 spiro atoms. The third kappa shape index (κ3) is 7.49. The number of rotatable bonds is 9. The van der Waals surface area contributed by atoms with Gasteiger partial charge in [-0.1, -0.05) is 72.3 Å². The van der Waals surface area contributed by atoms with Crippen LogP contribution in [0, 0.1) is 0 Å². The molecule has 0 unspecified atom stereocenters. The molecule has 0 fully saturated rings. The zero-order valence-electron chi connectivity index (χ0n) is 21.1. The lowest BCUT2D eigenvalue weighted by Gasteiger charge is -2.23. The van der Waals surface area contributed by atoms with Crippen LogP contribution in [0.4, 0.5) is 0 Å². The Morgan fingerprint density at radius 2 is 1.76 bits per heavy atom. The molecule has 192 valence electrons. The average Bonchev–Trinajstić information content (AvgIpc) is 2.84. The summed E-state index contributed by atoms with van der Waals surface area (Å²) in [6.07, 6.45) is 5.21. The van der Waals surface area contributed by atoms with Gasteiger partial charge in [-0.2, -0.15) is 8.42 Å². The summed E-state index contributed by atoms with van der Waals surface area (Å²) in [5.74, 6) is 0. The van der Waals surface area contributed by atoms with Gasteiger partial charge in [0, 0.05) is 10.4 Å². The summed E-state index contributed by atoms with van der Waals surface area (Å²) in [5.41, 5.74) is 4.01. The second-order valence-corrected chi connectivity index (χ2v) is 11.7. The summed E-state index contributed by atoms with van der Waals surface area (Å²) in [4.78, 5) is 4.65. The van der Waals surface area contributed by atoms with E-state index in [1.54, 1.807) is 13.8 Å². The standard InChI is InChI=1S/C30H30ClNO4S/c1-30(2,33)27-10-5-4-8-22(27)14-18-29(36-37(3,34)35)24-9-6-7-21(19-24)11-16-26-17-13-23-12-15-25(31)20-28(23)32-26/h4-13,15-17,19-20,29,33H,14,18H2,1-3H3/b16-11+/t29-/m1/s1. The Morgan fingerprint density at radius 1 is 1.00 bits per heavy atom. The van der Waals surface area contributed by atoms with E-state index in [-0.39, 0.29) is 0 Å². The predicted molar refractivity (Wildman–Crippen MR) is 151 cm³/mol. The zero-order chi connectivity index (χ0) is 26.6. The van der Waals surface area contributed by atoms with Crippen molar-refractivity contribution in [2.24, 2.45) is 0 Å². The second-order valence-electron chi connectivity index (χ2n) is 9.62. The lowest BCUT2D eigenvalue weighted by Crippen LogP contribution is -2.18. The van der Waals surface area contributed by atoms with Crippen molar-refractivity contribution in [1.29, 1.82) is 0 Å². The lowest BCUT2D eigenvalue weighted by atomic mass is 9.90. The van der Waals surface area contributed by atoms with Crippen molar-refractivity contribution in [3.8, 4) is 0 Å². The van der Waals surface area contributed by atoms with Crippen molar-refractivity contribution in [3.63, 3.8) is 0 Å². The molecule has 4 aromatic rings. The van der Waals surface area contributed by atoms with E-state index in [4.69, 9.17) is 15.8 Å². The van der Waals surface area contributed by atoms with E-state index < -0.39 is 21.8 Å². The van der Waals surface area contributed by atoms with Gasteiger partial charge in [0.25, 0.3) is 10.1 Å². The number of pyridine rings is 1. The van der Waals surface area contributed by atoms with Crippen LogP contribution in [0.3, 0.4) is 0 Å². The molecule has 1 aromatic heterocycles. The number of hydrogen-bond donors (Lipinski definition) is 1. The first-order valence-corrected chi connectivity index (χ1v) is 14.2. The molecule has 1 atom stereocenters. The molecule has 0 saturated carbocycles. The highest BCUT2D eigenvalue weighted by Gasteiger charge is 2.22. The van der Waals surface area contributed by atoms with Crippen LogP contribution in [-0.4, -0.2) is 24.8 Å². The Balaban J connectivity index is 1.58. The summed E-state index contributed by atoms with van der Waals surface area (Å²) >= 11 is 6.11. The van der Waals surface area contributed by atoms with Gasteiger partial charge in [0.2, 0.25) is 0 Å². The normalized spacial score (nSPS) is 13.3. The van der Waals surface area contributed by atoms with Crippen molar-refractivity contribution in [2.45, 2.75) is 38.4 Å². The molecule has 0 aliphatic heterocycles. The Labute approximate surface area is 223 Å². The van der Waals surface area contributed by atoms with Crippen LogP contribution >= 0.6 is 11.6 Å². The predicted octanol–water partition coefficient (Wildman–Crippen LogP) is 6.94. The van der Waals surface area contributed by atoms with E-state index in [2.05, 4.69) is 4.98 Å². The van der Waals surface area contributed by atoms with Crippen molar-refractivity contribution in [1.82, 2.24) is 4.98 Å². The highest BCUT2D eigenvalue weighted by atomic mass is 35.5. The molecule has 0 amide bonds. The van der Waals surface area contributed by atoms with Gasteiger partial charge < -0.3 is 5.11 Å². The van der Waals surface area contributed by atoms with Crippen molar-refractivity contribution in [3.05, 3.63) is 112 Å². The summed E-state index contributed by atoms with van der Waals surface area (Å²) < 4.78 is 29.7. The summed E-state index contributed by atoms with van der Waals surface area (Å²) in [7, 11) is -3.70. The highest BCUT2D eigenvalue weighted by Crippen LogP contribution is 2.30. The highest BCUT2D eigenvalue weighted by molar-refractivity contribution is 7.86. The van der Waals surface area contributed by atoms with Crippen LogP contribution < -0.4 is 0 Å². The molecular weight excluding hydrogens is 506 g/mol. The first-order valence-electron chi connectivity index (χ1n) is 12.0. The van der Waals surface area contributed by atoms with Gasteiger partial charge in [-0.15, -0.1) is 0 Å². The number of halogens is 1. The lowest BCUT2D eigenvalue weighted by molar-refractivity contribution is 0.0773. The fourth-order valence-corrected chi connectivity index (χ4v) is 5.14. The maximum Gasteiger partial charge on any atom is 0.264 e. The van der Waals surface area contributed by atoms with Gasteiger partial charge in [0.05, 0.1) is 23.1 Å². The first-order chi connectivity index (χ1) is 17.5. The molecule has 0 bridgehead atoms. The molecule has 0 saturated heterocycles. The fraction of sp³-hybridized carbons (Fsp3) is 0.233. The van der Waals surface area contributed by atoms with Crippen molar-refractivity contribution >= 4 is 44.8 Å². The van der Waals surface area contributed by atoms with E-state index in [1.165, 1.54) is 0 Å². The average molecular weight is 536 g/mol. The van der Waals surface area contributed by atoms with Gasteiger partial charge in [-0.25, -0.2) is 4.98 Å². The maximum absolute atomic E-state index is 12.1. The first kappa shape index (κ1) is 27.0. The van der Waals surface area contributed by atoms with E-state index in [9.17, 15) is 13.5 Å². The third-order valence-corrected chi connectivity index (χ3v) is 6.86. The Morgan fingerprint density at radius 3 is 2.51 bits per heavy atom. The second kappa shape index (κ2) is 11.2. The summed E-state index contributed by atoms with van der Waals surface area (Å²) in [6, 6.07) is 24.8. The largest absolute Gasteiger partial charge is 0.386 e. The van der Waals surface area contributed by atoms with Crippen molar-refractivity contribution < 1.29 is 17.7 Å². The maximum atomic E-state index is 12.1. The molecule has 7 heteroatoms. The fourth-order valence-electron chi connectivity index (χ4n) is 4.35. The molecule has 1 heterocycles. The minimum atomic E-state index is -3.70. The van der Waals surface area contributed by atoms with Gasteiger partial charge in [-0.05, 0) is 79.3 Å². The molecular formula is C30H30ClNO4S. The Kier molecular flexibility index (Phi) is 8.14. The van der Waals surface area contributed by atoms with Gasteiger partial charge >= 0.3 is 0 Å². The van der Waals surface area contributed by atoms with Crippen LogP contribution in [0.25, 0.3) is 23.1 Å². The Hall–Kier alpha value is -3.03. The van der Waals surface area contributed by atoms with E-state index >= 15 is 0 Å². The molecule has 0 aliphatic carbocycles. The van der Waals surface area contributed by atoms with Gasteiger partial charge in [0.15, 0.2) is 0 Å². The molecule has 1 N–H and O–H groups in total. The smallest absolute Gasteiger partial charge is 0.264 e. The van der Waals surface area contributed by atoms with Crippen LogP contribution in [-0.2, 0) is 26.3 Å². The quantitative estimate of drug-likeness (QED) is 0.235.